The molecule has 4 rings (SSSR count). The van der Waals surface area contributed by atoms with Gasteiger partial charge in [0.25, 0.3) is 0 Å². The van der Waals surface area contributed by atoms with E-state index in [4.69, 9.17) is 4.52 Å². The summed E-state index contributed by atoms with van der Waals surface area (Å²) in [7, 11) is 0. The SMILES string of the molecule is O=C(CSc1nc2ccccc2[nH]1)c1c(=O)o[nH][n+]1-c1ccc(Br)cc1. The topological polar surface area (TPSA) is 95.6 Å². The molecule has 2 aromatic heterocycles. The highest BCUT2D eigenvalue weighted by molar-refractivity contribution is 9.10. The number of aromatic amines is 2. The quantitative estimate of drug-likeness (QED) is 0.287. The summed E-state index contributed by atoms with van der Waals surface area (Å²) < 4.78 is 7.05. The van der Waals surface area contributed by atoms with Gasteiger partial charge in [-0.3, -0.25) is 9.32 Å². The molecule has 2 heterocycles. The van der Waals surface area contributed by atoms with Gasteiger partial charge in [0.2, 0.25) is 11.5 Å². The maximum absolute atomic E-state index is 12.6. The van der Waals surface area contributed by atoms with Crippen molar-refractivity contribution in [2.24, 2.45) is 0 Å². The molecule has 0 bridgehead atoms. The molecule has 0 spiro atoms. The number of ketones is 1. The number of aromatic nitrogens is 4. The number of hydrogen-bond acceptors (Lipinski definition) is 5. The minimum absolute atomic E-state index is 0.0545. The highest BCUT2D eigenvalue weighted by atomic mass is 79.9. The highest BCUT2D eigenvalue weighted by Crippen LogP contribution is 2.19. The first-order valence-electron chi connectivity index (χ1n) is 7.62. The van der Waals surface area contributed by atoms with Gasteiger partial charge in [-0.15, -0.1) is 0 Å². The predicted molar refractivity (Wildman–Crippen MR) is 99.7 cm³/mol. The van der Waals surface area contributed by atoms with Crippen LogP contribution in [0.4, 0.5) is 0 Å². The lowest BCUT2D eigenvalue weighted by Crippen LogP contribution is -2.41. The Morgan fingerprint density at radius 1 is 1.19 bits per heavy atom. The fourth-order valence-electron chi connectivity index (χ4n) is 2.48. The van der Waals surface area contributed by atoms with Gasteiger partial charge in [0, 0.05) is 16.6 Å². The van der Waals surface area contributed by atoms with E-state index in [0.717, 1.165) is 15.5 Å². The standard InChI is InChI=1S/C17H11BrN4O3S/c18-10-5-7-11(8-6-10)22-15(16(24)25-21-22)14(23)9-26-17-19-12-3-1-2-4-13(12)20-17/h1-8H,9H2,(H-,19,20,21,23,24)/p+1. The van der Waals surface area contributed by atoms with Crippen molar-refractivity contribution in [2.75, 3.05) is 5.75 Å². The van der Waals surface area contributed by atoms with E-state index in [9.17, 15) is 9.59 Å². The van der Waals surface area contributed by atoms with E-state index in [1.165, 1.54) is 16.4 Å². The van der Waals surface area contributed by atoms with Crippen molar-refractivity contribution in [1.29, 1.82) is 0 Å². The van der Waals surface area contributed by atoms with Crippen molar-refractivity contribution >= 4 is 44.5 Å². The monoisotopic (exact) mass is 431 g/mol. The normalized spacial score (nSPS) is 11.1. The van der Waals surface area contributed by atoms with Gasteiger partial charge in [-0.1, -0.05) is 39.8 Å². The Balaban J connectivity index is 1.57. The Kier molecular flexibility index (Phi) is 4.48. The largest absolute Gasteiger partial charge is 0.438 e. The van der Waals surface area contributed by atoms with Gasteiger partial charge >= 0.3 is 11.3 Å². The number of H-pyrrole nitrogens is 2. The molecule has 0 unspecified atom stereocenters. The van der Waals surface area contributed by atoms with E-state index >= 15 is 0 Å². The van der Waals surface area contributed by atoms with Crippen molar-refractivity contribution in [2.45, 2.75) is 5.16 Å². The second-order valence-corrected chi connectivity index (χ2v) is 7.29. The van der Waals surface area contributed by atoms with Crippen molar-refractivity contribution in [3.63, 3.8) is 0 Å². The third-order valence-corrected chi connectivity index (χ3v) is 5.11. The van der Waals surface area contributed by atoms with Crippen molar-refractivity contribution in [3.05, 3.63) is 69.1 Å². The molecule has 9 heteroatoms. The number of nitrogens with zero attached hydrogens (tertiary/aromatic N) is 2. The summed E-state index contributed by atoms with van der Waals surface area (Å²) in [5, 5.41) is 3.09. The van der Waals surface area contributed by atoms with Crippen LogP contribution in [0.15, 0.2) is 67.5 Å². The van der Waals surface area contributed by atoms with Crippen LogP contribution in [0.5, 0.6) is 0 Å². The number of Topliss-reactive ketones (excluding diaryl/α,β-unsaturated/α-hetero) is 1. The molecule has 2 N–H and O–H groups in total. The molecule has 0 fully saturated rings. The van der Waals surface area contributed by atoms with Crippen LogP contribution in [0.25, 0.3) is 16.7 Å². The molecule has 0 aliphatic rings. The van der Waals surface area contributed by atoms with E-state index in [1.54, 1.807) is 12.1 Å². The highest BCUT2D eigenvalue weighted by Gasteiger charge is 2.30. The van der Waals surface area contributed by atoms with Gasteiger partial charge in [0.1, 0.15) is 0 Å². The summed E-state index contributed by atoms with van der Waals surface area (Å²) in [6.07, 6.45) is 0. The lowest BCUT2D eigenvalue weighted by molar-refractivity contribution is -0.672. The average Bonchev–Trinajstić information content (AvgIpc) is 3.23. The molecule has 2 aromatic carbocycles. The molecular formula is C17H12BrN4O3S+. The number of thioether (sulfide) groups is 1. The first-order chi connectivity index (χ1) is 12.6. The molecule has 0 saturated carbocycles. The lowest BCUT2D eigenvalue weighted by Gasteiger charge is -1.95. The molecule has 26 heavy (non-hydrogen) atoms. The van der Waals surface area contributed by atoms with Crippen LogP contribution in [0.3, 0.4) is 0 Å². The smallest absolute Gasteiger partial charge is 0.333 e. The number of halogens is 1. The average molecular weight is 432 g/mol. The maximum atomic E-state index is 12.6. The van der Waals surface area contributed by atoms with Crippen LogP contribution >= 0.6 is 27.7 Å². The first kappa shape index (κ1) is 16.8. The zero-order valence-electron chi connectivity index (χ0n) is 13.2. The zero-order chi connectivity index (χ0) is 18.1. The summed E-state index contributed by atoms with van der Waals surface area (Å²) in [6, 6.07) is 14.8. The number of nitrogens with one attached hydrogen (secondary N) is 2. The number of carbonyl (C=O) groups is 1. The van der Waals surface area contributed by atoms with Gasteiger partial charge < -0.3 is 4.98 Å². The van der Waals surface area contributed by atoms with E-state index in [2.05, 4.69) is 31.2 Å². The molecule has 0 saturated heterocycles. The Labute approximate surface area is 159 Å². The summed E-state index contributed by atoms with van der Waals surface area (Å²) in [4.78, 5) is 32.2. The molecule has 130 valence electrons. The van der Waals surface area contributed by atoms with Gasteiger partial charge in [0.15, 0.2) is 5.16 Å². The van der Waals surface area contributed by atoms with Gasteiger partial charge in [-0.2, -0.15) is 0 Å². The van der Waals surface area contributed by atoms with Crippen molar-refractivity contribution < 1.29 is 14.0 Å². The zero-order valence-corrected chi connectivity index (χ0v) is 15.6. The predicted octanol–water partition coefficient (Wildman–Crippen LogP) is 2.86. The van der Waals surface area contributed by atoms with Crippen LogP contribution in [0.1, 0.15) is 10.5 Å². The van der Waals surface area contributed by atoms with Crippen molar-refractivity contribution in [1.82, 2.24) is 15.2 Å². The van der Waals surface area contributed by atoms with E-state index in [-0.39, 0.29) is 17.2 Å². The summed E-state index contributed by atoms with van der Waals surface area (Å²) >= 11 is 4.59. The van der Waals surface area contributed by atoms with Crippen LogP contribution in [-0.4, -0.2) is 26.8 Å². The van der Waals surface area contributed by atoms with Crippen molar-refractivity contribution in [3.8, 4) is 5.69 Å². The van der Waals surface area contributed by atoms with E-state index in [0.29, 0.717) is 10.8 Å². The van der Waals surface area contributed by atoms with Crippen LogP contribution in [0.2, 0.25) is 0 Å². The molecule has 0 atom stereocenters. The first-order valence-corrected chi connectivity index (χ1v) is 9.40. The Bertz CT molecular complexity index is 1110. The Morgan fingerprint density at radius 3 is 2.73 bits per heavy atom. The third-order valence-electron chi connectivity index (χ3n) is 3.70. The molecule has 0 aliphatic heterocycles. The minimum atomic E-state index is -0.705. The molecule has 0 amide bonds. The number of benzene rings is 2. The number of hydrogen-bond donors (Lipinski definition) is 2. The van der Waals surface area contributed by atoms with E-state index in [1.807, 2.05) is 36.4 Å². The Morgan fingerprint density at radius 2 is 1.96 bits per heavy atom. The lowest BCUT2D eigenvalue weighted by atomic mass is 10.3. The summed E-state index contributed by atoms with van der Waals surface area (Å²) in [6.45, 7) is 0. The number of imidazole rings is 1. The number of fused-ring (bicyclic) bond motifs is 1. The maximum Gasteiger partial charge on any atom is 0.438 e. The minimum Gasteiger partial charge on any atom is -0.333 e. The fourth-order valence-corrected chi connectivity index (χ4v) is 3.50. The van der Waals surface area contributed by atoms with Crippen LogP contribution < -0.4 is 10.3 Å². The third kappa shape index (κ3) is 3.23. The van der Waals surface area contributed by atoms with Gasteiger partial charge in [-0.25, -0.2) is 9.78 Å². The molecular weight excluding hydrogens is 420 g/mol. The summed E-state index contributed by atoms with van der Waals surface area (Å²) in [5.41, 5.74) is 1.58. The summed E-state index contributed by atoms with van der Waals surface area (Å²) in [5.74, 6) is -0.299. The van der Waals surface area contributed by atoms with Gasteiger partial charge in [-0.05, 0) is 34.2 Å². The van der Waals surface area contributed by atoms with E-state index < -0.39 is 5.63 Å². The fraction of sp³-hybridized carbons (Fsp3) is 0.0588. The second-order valence-electron chi connectivity index (χ2n) is 5.41. The number of para-hydroxylation sites is 2. The molecule has 0 aliphatic carbocycles. The number of carbonyl (C=O) groups excluding carboxylic acids is 1. The number of rotatable bonds is 5. The molecule has 7 nitrogen and oxygen atoms in total. The van der Waals surface area contributed by atoms with Gasteiger partial charge in [0.05, 0.1) is 16.8 Å². The second kappa shape index (κ2) is 6.93. The Hall–Kier alpha value is -2.65. The van der Waals surface area contributed by atoms with Crippen LogP contribution in [-0.2, 0) is 0 Å². The molecule has 0 radical (unpaired) electrons. The molecule has 4 aromatic rings. The van der Waals surface area contributed by atoms with Crippen LogP contribution in [0, 0.1) is 0 Å².